The summed E-state index contributed by atoms with van der Waals surface area (Å²) in [6.07, 6.45) is 2.55. The lowest BCUT2D eigenvalue weighted by Gasteiger charge is -2.06. The Hall–Kier alpha value is -1.56. The molecule has 0 fully saturated rings. The number of ether oxygens (including phenoxy) is 1. The molecule has 2 aromatic rings. The van der Waals surface area contributed by atoms with E-state index >= 15 is 0 Å². The summed E-state index contributed by atoms with van der Waals surface area (Å²) in [5, 5.41) is 2.12. The summed E-state index contributed by atoms with van der Waals surface area (Å²) in [5.41, 5.74) is 0. The highest BCUT2D eigenvalue weighted by molar-refractivity contribution is 7.09. The van der Waals surface area contributed by atoms with Gasteiger partial charge in [-0.2, -0.15) is 0 Å². The summed E-state index contributed by atoms with van der Waals surface area (Å²) in [5.74, 6) is -3.72. The predicted molar refractivity (Wildman–Crippen MR) is 51.6 cm³/mol. The van der Waals surface area contributed by atoms with Crippen molar-refractivity contribution in [1.82, 2.24) is 4.98 Å². The van der Waals surface area contributed by atoms with Gasteiger partial charge in [0.1, 0.15) is 23.6 Å². The second-order valence-corrected chi connectivity index (χ2v) is 3.80. The van der Waals surface area contributed by atoms with Crippen molar-refractivity contribution in [3.8, 4) is 5.75 Å². The number of benzene rings is 1. The molecule has 0 spiro atoms. The molecule has 2 rings (SSSR count). The van der Waals surface area contributed by atoms with Crippen LogP contribution in [0.5, 0.6) is 5.75 Å². The average Bonchev–Trinajstić information content (AvgIpc) is 2.68. The first-order chi connectivity index (χ1) is 7.66. The number of halogens is 3. The van der Waals surface area contributed by atoms with Crippen LogP contribution in [-0.4, -0.2) is 4.98 Å². The van der Waals surface area contributed by atoms with Crippen LogP contribution in [0.15, 0.2) is 17.5 Å². The first kappa shape index (κ1) is 10.9. The van der Waals surface area contributed by atoms with Crippen LogP contribution in [0.3, 0.4) is 0 Å². The fourth-order valence-corrected chi connectivity index (χ4v) is 1.56. The van der Waals surface area contributed by atoms with Crippen molar-refractivity contribution < 1.29 is 17.9 Å². The van der Waals surface area contributed by atoms with Crippen LogP contribution in [0.1, 0.15) is 5.01 Å². The summed E-state index contributed by atoms with van der Waals surface area (Å²) in [7, 11) is 0. The summed E-state index contributed by atoms with van der Waals surface area (Å²) < 4.78 is 43.7. The highest BCUT2D eigenvalue weighted by atomic mass is 32.1. The first-order valence-corrected chi connectivity index (χ1v) is 5.12. The van der Waals surface area contributed by atoms with E-state index < -0.39 is 23.2 Å². The molecule has 0 saturated carbocycles. The molecule has 1 aromatic carbocycles. The lowest BCUT2D eigenvalue weighted by Crippen LogP contribution is -2.00. The molecule has 0 aliphatic heterocycles. The maximum atomic E-state index is 13.1. The third kappa shape index (κ3) is 2.33. The molecular weight excluding hydrogens is 239 g/mol. The Morgan fingerprint density at radius 3 is 2.50 bits per heavy atom. The van der Waals surface area contributed by atoms with E-state index in [0.717, 1.165) is 0 Å². The molecule has 1 heterocycles. The Labute approximate surface area is 93.3 Å². The molecule has 0 N–H and O–H groups in total. The molecule has 0 bridgehead atoms. The standard InChI is InChI=1S/C10H5F3NOS/c11-6-3-7(12)10(8(13)4-6)15-5-9-14-1-2-16-9/h2-4H,5H2. The van der Waals surface area contributed by atoms with Crippen molar-refractivity contribution in [2.24, 2.45) is 0 Å². The molecule has 0 aliphatic carbocycles. The van der Waals surface area contributed by atoms with Crippen LogP contribution in [0.4, 0.5) is 13.2 Å². The largest absolute Gasteiger partial charge is 0.480 e. The van der Waals surface area contributed by atoms with Gasteiger partial charge in [0.15, 0.2) is 17.4 Å². The van der Waals surface area contributed by atoms with E-state index in [9.17, 15) is 13.2 Å². The van der Waals surface area contributed by atoms with Crippen LogP contribution >= 0.6 is 11.3 Å². The highest BCUT2D eigenvalue weighted by Crippen LogP contribution is 2.23. The normalized spacial score (nSPS) is 10.4. The summed E-state index contributed by atoms with van der Waals surface area (Å²) in [4.78, 5) is 3.76. The van der Waals surface area contributed by atoms with Gasteiger partial charge in [-0.15, -0.1) is 11.3 Å². The van der Waals surface area contributed by atoms with E-state index in [0.29, 0.717) is 17.1 Å². The molecule has 6 heteroatoms. The third-order valence-electron chi connectivity index (χ3n) is 1.74. The molecule has 0 saturated heterocycles. The molecule has 1 radical (unpaired) electrons. The third-order valence-corrected chi connectivity index (χ3v) is 2.44. The maximum Gasteiger partial charge on any atom is 0.191 e. The van der Waals surface area contributed by atoms with E-state index in [1.807, 2.05) is 0 Å². The van der Waals surface area contributed by atoms with Crippen LogP contribution in [0, 0.1) is 23.6 Å². The monoisotopic (exact) mass is 244 g/mol. The number of nitrogens with zero attached hydrogens (tertiary/aromatic N) is 1. The van der Waals surface area contributed by atoms with Crippen molar-refractivity contribution in [3.05, 3.63) is 46.2 Å². The number of aromatic nitrogens is 1. The molecule has 0 unspecified atom stereocenters. The van der Waals surface area contributed by atoms with Crippen molar-refractivity contribution in [3.63, 3.8) is 0 Å². The van der Waals surface area contributed by atoms with Gasteiger partial charge >= 0.3 is 0 Å². The minimum absolute atomic E-state index is 0.0758. The molecule has 0 amide bonds. The number of hydrogen-bond acceptors (Lipinski definition) is 3. The smallest absolute Gasteiger partial charge is 0.191 e. The fraction of sp³-hybridized carbons (Fsp3) is 0.100. The van der Waals surface area contributed by atoms with Gasteiger partial charge in [-0.1, -0.05) is 0 Å². The van der Waals surface area contributed by atoms with Gasteiger partial charge in [-0.05, 0) is 0 Å². The van der Waals surface area contributed by atoms with Gasteiger partial charge in [0.2, 0.25) is 0 Å². The van der Waals surface area contributed by atoms with Crippen molar-refractivity contribution in [2.75, 3.05) is 0 Å². The zero-order valence-electron chi connectivity index (χ0n) is 7.84. The van der Waals surface area contributed by atoms with Crippen molar-refractivity contribution >= 4 is 11.3 Å². The predicted octanol–water partition coefficient (Wildman–Crippen LogP) is 2.94. The number of rotatable bonds is 3. The minimum Gasteiger partial charge on any atom is -0.480 e. The topological polar surface area (TPSA) is 22.1 Å². The van der Waals surface area contributed by atoms with Gasteiger partial charge in [-0.3, -0.25) is 0 Å². The molecule has 1 aromatic heterocycles. The Balaban J connectivity index is 2.15. The molecule has 0 atom stereocenters. The Kier molecular flexibility index (Phi) is 3.09. The molecule has 0 aliphatic rings. The van der Waals surface area contributed by atoms with Crippen LogP contribution in [0.2, 0.25) is 0 Å². The number of thiazole rings is 1. The van der Waals surface area contributed by atoms with E-state index in [1.54, 1.807) is 5.38 Å². The molecule has 2 nitrogen and oxygen atoms in total. The van der Waals surface area contributed by atoms with Crippen LogP contribution in [0.25, 0.3) is 0 Å². The van der Waals surface area contributed by atoms with Crippen molar-refractivity contribution in [1.29, 1.82) is 0 Å². The first-order valence-electron chi connectivity index (χ1n) is 4.24. The van der Waals surface area contributed by atoms with Gasteiger partial charge in [0, 0.05) is 17.5 Å². The van der Waals surface area contributed by atoms with E-state index in [2.05, 4.69) is 11.2 Å². The van der Waals surface area contributed by atoms with E-state index in [1.165, 1.54) is 11.3 Å². The van der Waals surface area contributed by atoms with Crippen molar-refractivity contribution in [2.45, 2.75) is 6.61 Å². The lowest BCUT2D eigenvalue weighted by molar-refractivity contribution is 0.272. The zero-order chi connectivity index (χ0) is 11.5. The average molecular weight is 244 g/mol. The maximum absolute atomic E-state index is 13.1. The van der Waals surface area contributed by atoms with E-state index in [4.69, 9.17) is 4.74 Å². The molecule has 16 heavy (non-hydrogen) atoms. The van der Waals surface area contributed by atoms with Gasteiger partial charge in [-0.25, -0.2) is 18.2 Å². The Morgan fingerprint density at radius 1 is 1.25 bits per heavy atom. The SMILES string of the molecule is Fc1cc(F)c(OCc2n[c]cs2)c(F)c1. The minimum atomic E-state index is -1.07. The van der Waals surface area contributed by atoms with Gasteiger partial charge < -0.3 is 4.74 Å². The summed E-state index contributed by atoms with van der Waals surface area (Å²) in [6.45, 7) is -0.0758. The second kappa shape index (κ2) is 4.52. The Bertz CT molecular complexity index is 464. The summed E-state index contributed by atoms with van der Waals surface area (Å²) >= 11 is 1.25. The molecular formula is C10H5F3NOS. The lowest BCUT2D eigenvalue weighted by atomic mass is 10.3. The highest BCUT2D eigenvalue weighted by Gasteiger charge is 2.13. The second-order valence-electron chi connectivity index (χ2n) is 2.86. The van der Waals surface area contributed by atoms with E-state index in [-0.39, 0.29) is 6.61 Å². The number of hydrogen-bond donors (Lipinski definition) is 0. The molecule has 83 valence electrons. The zero-order valence-corrected chi connectivity index (χ0v) is 8.65. The Morgan fingerprint density at radius 2 is 1.94 bits per heavy atom. The fourth-order valence-electron chi connectivity index (χ4n) is 1.09. The quantitative estimate of drug-likeness (QED) is 0.828. The van der Waals surface area contributed by atoms with Crippen LogP contribution < -0.4 is 4.74 Å². The van der Waals surface area contributed by atoms with Gasteiger partial charge in [0.25, 0.3) is 0 Å². The van der Waals surface area contributed by atoms with Crippen LogP contribution in [-0.2, 0) is 6.61 Å². The summed E-state index contributed by atoms with van der Waals surface area (Å²) in [6, 6.07) is 1.12. The van der Waals surface area contributed by atoms with Gasteiger partial charge in [0.05, 0.1) is 0 Å².